The van der Waals surface area contributed by atoms with Crippen LogP contribution in [-0.2, 0) is 4.79 Å². The Hall–Kier alpha value is -0.570. The van der Waals surface area contributed by atoms with Crippen molar-refractivity contribution in [3.8, 4) is 0 Å². The maximum atomic E-state index is 12.8. The van der Waals surface area contributed by atoms with Gasteiger partial charge in [0.2, 0.25) is 5.91 Å². The van der Waals surface area contributed by atoms with Crippen LogP contribution in [-0.4, -0.2) is 30.9 Å². The third-order valence-electron chi connectivity index (χ3n) is 4.66. The Balaban J connectivity index is 2.67. The van der Waals surface area contributed by atoms with E-state index in [2.05, 4.69) is 13.8 Å². The third kappa shape index (κ3) is 4.20. The monoisotopic (exact) mass is 268 g/mol. The fourth-order valence-corrected chi connectivity index (χ4v) is 3.66. The molecule has 0 unspecified atom stereocenters. The number of rotatable bonds is 8. The van der Waals surface area contributed by atoms with Crippen LogP contribution in [0.2, 0.25) is 0 Å². The van der Waals surface area contributed by atoms with Crippen molar-refractivity contribution in [2.24, 2.45) is 17.1 Å². The molecule has 0 atom stereocenters. The van der Waals surface area contributed by atoms with Crippen LogP contribution < -0.4 is 5.73 Å². The molecule has 0 spiro atoms. The lowest BCUT2D eigenvalue weighted by atomic mass is 9.78. The van der Waals surface area contributed by atoms with E-state index >= 15 is 0 Å². The molecule has 0 aromatic carbocycles. The summed E-state index contributed by atoms with van der Waals surface area (Å²) in [7, 11) is 1.97. The molecule has 0 bridgehead atoms. The first-order valence-electron chi connectivity index (χ1n) is 8.05. The Kier molecular flexibility index (Phi) is 6.84. The molecular formula is C16H32N2O. The summed E-state index contributed by atoms with van der Waals surface area (Å²) in [6.45, 7) is 5.70. The molecule has 1 fully saturated rings. The number of hydrogen-bond acceptors (Lipinski definition) is 2. The van der Waals surface area contributed by atoms with Crippen molar-refractivity contribution in [1.82, 2.24) is 4.90 Å². The van der Waals surface area contributed by atoms with Crippen molar-refractivity contribution < 1.29 is 4.79 Å². The Morgan fingerprint density at radius 3 is 2.16 bits per heavy atom. The van der Waals surface area contributed by atoms with Crippen molar-refractivity contribution in [3.05, 3.63) is 0 Å². The average molecular weight is 268 g/mol. The minimum absolute atomic E-state index is 0.283. The van der Waals surface area contributed by atoms with Gasteiger partial charge in [-0.25, -0.2) is 0 Å². The maximum absolute atomic E-state index is 12.8. The van der Waals surface area contributed by atoms with E-state index in [1.54, 1.807) is 0 Å². The fraction of sp³-hybridized carbons (Fsp3) is 0.938. The van der Waals surface area contributed by atoms with Crippen molar-refractivity contribution in [3.63, 3.8) is 0 Å². The zero-order chi connectivity index (χ0) is 14.3. The van der Waals surface area contributed by atoms with Crippen LogP contribution in [0.4, 0.5) is 0 Å². The molecule has 0 aromatic heterocycles. The van der Waals surface area contributed by atoms with Crippen LogP contribution in [0, 0.1) is 11.3 Å². The van der Waals surface area contributed by atoms with Crippen molar-refractivity contribution in [2.75, 3.05) is 20.1 Å². The van der Waals surface area contributed by atoms with Gasteiger partial charge in [0.1, 0.15) is 0 Å². The van der Waals surface area contributed by atoms with Gasteiger partial charge in [-0.1, -0.05) is 39.5 Å². The van der Waals surface area contributed by atoms with Crippen LogP contribution in [0.15, 0.2) is 0 Å². The van der Waals surface area contributed by atoms with Crippen LogP contribution in [0.1, 0.15) is 65.2 Å². The molecular weight excluding hydrogens is 236 g/mol. The molecule has 1 amide bonds. The van der Waals surface area contributed by atoms with Crippen molar-refractivity contribution >= 4 is 5.91 Å². The second kappa shape index (κ2) is 7.88. The van der Waals surface area contributed by atoms with E-state index in [4.69, 9.17) is 5.73 Å². The number of amides is 1. The predicted octanol–water partition coefficient (Wildman–Crippen LogP) is 3.18. The van der Waals surface area contributed by atoms with E-state index in [1.165, 1.54) is 25.7 Å². The lowest BCUT2D eigenvalue weighted by Gasteiger charge is -2.35. The number of carbonyl (C=O) groups is 1. The van der Waals surface area contributed by atoms with Gasteiger partial charge in [0.05, 0.1) is 5.41 Å². The van der Waals surface area contributed by atoms with Gasteiger partial charge in [0.15, 0.2) is 0 Å². The summed E-state index contributed by atoms with van der Waals surface area (Å²) >= 11 is 0. The standard InChI is InChI=1S/C16H32N2O/c1-4-10-16(13-17,11-5-2)15(19)18(3)12-14-8-6-7-9-14/h14H,4-13,17H2,1-3H3. The van der Waals surface area contributed by atoms with Gasteiger partial charge in [-0.15, -0.1) is 0 Å². The minimum atomic E-state index is -0.309. The van der Waals surface area contributed by atoms with Gasteiger partial charge in [-0.05, 0) is 31.6 Å². The zero-order valence-corrected chi connectivity index (χ0v) is 13.1. The molecule has 0 radical (unpaired) electrons. The van der Waals surface area contributed by atoms with Gasteiger partial charge in [0.25, 0.3) is 0 Å². The minimum Gasteiger partial charge on any atom is -0.345 e. The van der Waals surface area contributed by atoms with Crippen LogP contribution in [0.25, 0.3) is 0 Å². The highest BCUT2D eigenvalue weighted by atomic mass is 16.2. The lowest BCUT2D eigenvalue weighted by Crippen LogP contribution is -2.47. The molecule has 1 aliphatic carbocycles. The summed E-state index contributed by atoms with van der Waals surface area (Å²) in [4.78, 5) is 14.8. The largest absolute Gasteiger partial charge is 0.345 e. The van der Waals surface area contributed by atoms with Crippen LogP contribution in [0.3, 0.4) is 0 Å². The van der Waals surface area contributed by atoms with Crippen molar-refractivity contribution in [1.29, 1.82) is 0 Å². The first-order chi connectivity index (χ1) is 9.09. The average Bonchev–Trinajstić information content (AvgIpc) is 2.90. The Labute approximate surface area is 118 Å². The SMILES string of the molecule is CCCC(CN)(CCC)C(=O)N(C)CC1CCCC1. The summed E-state index contributed by atoms with van der Waals surface area (Å²) in [6.07, 6.45) is 9.14. The summed E-state index contributed by atoms with van der Waals surface area (Å²) in [5, 5.41) is 0. The molecule has 0 heterocycles. The van der Waals surface area contributed by atoms with E-state index in [0.717, 1.165) is 32.2 Å². The van der Waals surface area contributed by atoms with Gasteiger partial charge in [-0.3, -0.25) is 4.79 Å². The number of carbonyl (C=O) groups excluding carboxylic acids is 1. The van der Waals surface area contributed by atoms with Gasteiger partial charge >= 0.3 is 0 Å². The molecule has 112 valence electrons. The Morgan fingerprint density at radius 1 is 1.21 bits per heavy atom. The molecule has 0 aliphatic heterocycles. The van der Waals surface area contributed by atoms with Crippen LogP contribution in [0.5, 0.6) is 0 Å². The highest BCUT2D eigenvalue weighted by molar-refractivity contribution is 5.82. The highest BCUT2D eigenvalue weighted by Crippen LogP contribution is 2.32. The topological polar surface area (TPSA) is 46.3 Å². The van der Waals surface area contributed by atoms with E-state index < -0.39 is 0 Å². The number of nitrogens with zero attached hydrogens (tertiary/aromatic N) is 1. The first kappa shape index (κ1) is 16.5. The van der Waals surface area contributed by atoms with Crippen LogP contribution >= 0.6 is 0 Å². The summed E-state index contributed by atoms with van der Waals surface area (Å²) in [5.41, 5.74) is 5.67. The van der Waals surface area contributed by atoms with E-state index in [-0.39, 0.29) is 11.3 Å². The first-order valence-corrected chi connectivity index (χ1v) is 8.05. The molecule has 2 N–H and O–H groups in total. The smallest absolute Gasteiger partial charge is 0.229 e. The Morgan fingerprint density at radius 2 is 1.74 bits per heavy atom. The lowest BCUT2D eigenvalue weighted by molar-refractivity contribution is -0.142. The van der Waals surface area contributed by atoms with Gasteiger partial charge in [-0.2, -0.15) is 0 Å². The summed E-state index contributed by atoms with van der Waals surface area (Å²) < 4.78 is 0. The van der Waals surface area contributed by atoms with Crippen molar-refractivity contribution in [2.45, 2.75) is 65.2 Å². The number of nitrogens with two attached hydrogens (primary N) is 1. The van der Waals surface area contributed by atoms with E-state index in [0.29, 0.717) is 12.5 Å². The second-order valence-electron chi connectivity index (χ2n) is 6.32. The fourth-order valence-electron chi connectivity index (χ4n) is 3.66. The molecule has 0 saturated heterocycles. The second-order valence-corrected chi connectivity index (χ2v) is 6.32. The maximum Gasteiger partial charge on any atom is 0.229 e. The molecule has 0 aromatic rings. The zero-order valence-electron chi connectivity index (χ0n) is 13.1. The molecule has 1 rings (SSSR count). The quantitative estimate of drug-likeness (QED) is 0.735. The summed E-state index contributed by atoms with van der Waals surface area (Å²) in [6, 6.07) is 0. The third-order valence-corrected chi connectivity index (χ3v) is 4.66. The molecule has 1 saturated carbocycles. The predicted molar refractivity (Wildman–Crippen MR) is 80.9 cm³/mol. The molecule has 19 heavy (non-hydrogen) atoms. The number of hydrogen-bond donors (Lipinski definition) is 1. The molecule has 3 nitrogen and oxygen atoms in total. The normalized spacial score (nSPS) is 16.8. The Bertz CT molecular complexity index is 266. The van der Waals surface area contributed by atoms with Gasteiger partial charge < -0.3 is 10.6 Å². The molecule has 1 aliphatic rings. The van der Waals surface area contributed by atoms with Gasteiger partial charge in [0, 0.05) is 20.1 Å². The highest BCUT2D eigenvalue weighted by Gasteiger charge is 2.37. The van der Waals surface area contributed by atoms with E-state index in [9.17, 15) is 4.79 Å². The summed E-state index contributed by atoms with van der Waals surface area (Å²) in [5.74, 6) is 0.998. The molecule has 3 heteroatoms. The van der Waals surface area contributed by atoms with E-state index in [1.807, 2.05) is 11.9 Å².